The Morgan fingerprint density at radius 2 is 2.00 bits per heavy atom. The number of tetrazole rings is 1. The fourth-order valence-electron chi connectivity index (χ4n) is 2.58. The first-order valence-electron chi connectivity index (χ1n) is 8.99. The van der Waals surface area contributed by atoms with Gasteiger partial charge in [0.15, 0.2) is 12.4 Å². The summed E-state index contributed by atoms with van der Waals surface area (Å²) in [5.74, 6) is 0.191. The number of carbonyl (C=O) groups excluding carboxylic acids is 1. The second-order valence-electron chi connectivity index (χ2n) is 6.08. The van der Waals surface area contributed by atoms with E-state index in [1.54, 1.807) is 34.0 Å². The second-order valence-corrected chi connectivity index (χ2v) is 6.08. The zero-order valence-electron chi connectivity index (χ0n) is 15.7. The van der Waals surface area contributed by atoms with Crippen molar-refractivity contribution >= 4 is 11.6 Å². The first-order chi connectivity index (χ1) is 14.2. The molecule has 0 aliphatic rings. The molecule has 4 aromatic rings. The van der Waals surface area contributed by atoms with Gasteiger partial charge < -0.3 is 10.1 Å². The number of benzene rings is 1. The molecule has 0 unspecified atom stereocenters. The third kappa shape index (κ3) is 4.52. The van der Waals surface area contributed by atoms with Crippen LogP contribution in [0.3, 0.4) is 0 Å². The highest BCUT2D eigenvalue weighted by molar-refractivity contribution is 6.02. The lowest BCUT2D eigenvalue weighted by Gasteiger charge is -2.01. The molecule has 1 N–H and O–H groups in total. The van der Waals surface area contributed by atoms with Crippen molar-refractivity contribution in [3.8, 4) is 11.4 Å². The molecule has 3 heterocycles. The minimum atomic E-state index is -0.337. The summed E-state index contributed by atoms with van der Waals surface area (Å²) >= 11 is 0. The van der Waals surface area contributed by atoms with Crippen LogP contribution in [0.4, 0.5) is 5.69 Å². The molecule has 0 aliphatic carbocycles. The molecule has 0 bridgehead atoms. The summed E-state index contributed by atoms with van der Waals surface area (Å²) in [6, 6.07) is 11.2. The number of aromatic nitrogens is 8. The first kappa shape index (κ1) is 18.5. The van der Waals surface area contributed by atoms with Gasteiger partial charge in [0.05, 0.1) is 18.1 Å². The van der Waals surface area contributed by atoms with E-state index in [0.29, 0.717) is 24.8 Å². The van der Waals surface area contributed by atoms with Gasteiger partial charge in [-0.2, -0.15) is 10.2 Å². The van der Waals surface area contributed by atoms with E-state index in [1.165, 1.54) is 4.80 Å². The molecule has 0 radical (unpaired) electrons. The quantitative estimate of drug-likeness (QED) is 0.482. The standard InChI is InChI=1S/C18H19N9O2/c1-2-29-13-26-11-15(10-19-26)20-18(28)16-8-9-25(22-16)12-27-23-17(21-24-27)14-6-4-3-5-7-14/h3-11H,2,12-13H2,1H3,(H,20,28). The Kier molecular flexibility index (Phi) is 5.38. The van der Waals surface area contributed by atoms with Crippen LogP contribution in [0.1, 0.15) is 17.4 Å². The molecule has 11 heteroatoms. The van der Waals surface area contributed by atoms with Crippen LogP contribution in [0.2, 0.25) is 0 Å². The number of nitrogens with one attached hydrogen (secondary N) is 1. The first-order valence-corrected chi connectivity index (χ1v) is 8.99. The van der Waals surface area contributed by atoms with Crippen molar-refractivity contribution in [1.82, 2.24) is 39.8 Å². The lowest BCUT2D eigenvalue weighted by Crippen LogP contribution is -2.15. The number of nitrogens with zero attached hydrogens (tertiary/aromatic N) is 8. The van der Waals surface area contributed by atoms with Crippen LogP contribution in [0.25, 0.3) is 11.4 Å². The number of ether oxygens (including phenoxy) is 1. The Labute approximate surface area is 165 Å². The maximum atomic E-state index is 12.4. The zero-order chi connectivity index (χ0) is 20.1. The number of hydrogen-bond acceptors (Lipinski definition) is 7. The van der Waals surface area contributed by atoms with Crippen molar-refractivity contribution in [1.29, 1.82) is 0 Å². The van der Waals surface area contributed by atoms with Gasteiger partial charge in [-0.05, 0) is 18.2 Å². The van der Waals surface area contributed by atoms with Gasteiger partial charge in [-0.15, -0.1) is 15.0 Å². The van der Waals surface area contributed by atoms with Gasteiger partial charge in [0.1, 0.15) is 6.73 Å². The van der Waals surface area contributed by atoms with E-state index in [0.717, 1.165) is 5.56 Å². The van der Waals surface area contributed by atoms with Crippen molar-refractivity contribution in [2.75, 3.05) is 11.9 Å². The van der Waals surface area contributed by atoms with E-state index in [9.17, 15) is 4.79 Å². The molecular weight excluding hydrogens is 374 g/mol. The number of hydrogen-bond donors (Lipinski definition) is 1. The number of amides is 1. The summed E-state index contributed by atoms with van der Waals surface area (Å²) in [5.41, 5.74) is 1.71. The molecule has 0 aliphatic heterocycles. The highest BCUT2D eigenvalue weighted by atomic mass is 16.5. The summed E-state index contributed by atoms with van der Waals surface area (Å²) in [6.07, 6.45) is 4.92. The molecule has 148 valence electrons. The Morgan fingerprint density at radius 3 is 2.83 bits per heavy atom. The van der Waals surface area contributed by atoms with Crippen LogP contribution < -0.4 is 5.32 Å². The van der Waals surface area contributed by atoms with Crippen molar-refractivity contribution < 1.29 is 9.53 Å². The third-order valence-corrected chi connectivity index (χ3v) is 3.95. The Hall–Kier alpha value is -3.86. The number of rotatable bonds is 8. The molecule has 29 heavy (non-hydrogen) atoms. The van der Waals surface area contributed by atoms with Crippen LogP contribution >= 0.6 is 0 Å². The molecule has 0 fully saturated rings. The smallest absolute Gasteiger partial charge is 0.276 e. The largest absolute Gasteiger partial charge is 0.360 e. The van der Waals surface area contributed by atoms with Gasteiger partial charge >= 0.3 is 0 Å². The van der Waals surface area contributed by atoms with Crippen LogP contribution in [0, 0.1) is 0 Å². The van der Waals surface area contributed by atoms with E-state index in [2.05, 4.69) is 30.9 Å². The topological polar surface area (TPSA) is 118 Å². The van der Waals surface area contributed by atoms with E-state index in [4.69, 9.17) is 4.74 Å². The predicted molar refractivity (Wildman–Crippen MR) is 103 cm³/mol. The Morgan fingerprint density at radius 1 is 1.14 bits per heavy atom. The average Bonchev–Trinajstić information content (AvgIpc) is 3.49. The molecule has 0 spiro atoms. The monoisotopic (exact) mass is 393 g/mol. The highest BCUT2D eigenvalue weighted by Crippen LogP contribution is 2.12. The van der Waals surface area contributed by atoms with Gasteiger partial charge in [-0.1, -0.05) is 30.3 Å². The van der Waals surface area contributed by atoms with Crippen LogP contribution in [-0.2, 0) is 18.1 Å². The molecule has 1 amide bonds. The maximum Gasteiger partial charge on any atom is 0.276 e. The van der Waals surface area contributed by atoms with Gasteiger partial charge in [0.25, 0.3) is 5.91 Å². The molecular formula is C18H19N9O2. The summed E-state index contributed by atoms with van der Waals surface area (Å²) < 4.78 is 8.42. The van der Waals surface area contributed by atoms with Gasteiger partial charge in [0.2, 0.25) is 5.82 Å². The molecule has 11 nitrogen and oxygen atoms in total. The minimum Gasteiger partial charge on any atom is -0.360 e. The summed E-state index contributed by atoms with van der Waals surface area (Å²) in [5, 5.41) is 23.5. The third-order valence-electron chi connectivity index (χ3n) is 3.95. The fraction of sp³-hybridized carbons (Fsp3) is 0.222. The lowest BCUT2D eigenvalue weighted by atomic mass is 10.2. The normalized spacial score (nSPS) is 10.9. The molecule has 1 aromatic carbocycles. The molecule has 3 aromatic heterocycles. The van der Waals surface area contributed by atoms with Crippen molar-refractivity contribution in [2.45, 2.75) is 20.3 Å². The number of carbonyl (C=O) groups is 1. The van der Waals surface area contributed by atoms with Gasteiger partial charge in [-0.3, -0.25) is 4.79 Å². The van der Waals surface area contributed by atoms with Crippen molar-refractivity contribution in [3.63, 3.8) is 0 Å². The van der Waals surface area contributed by atoms with Crippen LogP contribution in [-0.4, -0.2) is 52.3 Å². The van der Waals surface area contributed by atoms with Gasteiger partial charge in [0, 0.05) is 18.4 Å². The Bertz CT molecular complexity index is 1080. The van der Waals surface area contributed by atoms with Crippen LogP contribution in [0.5, 0.6) is 0 Å². The molecule has 0 saturated heterocycles. The van der Waals surface area contributed by atoms with E-state index in [1.807, 2.05) is 37.3 Å². The predicted octanol–water partition coefficient (Wildman–Crippen LogP) is 1.49. The van der Waals surface area contributed by atoms with E-state index in [-0.39, 0.29) is 18.3 Å². The van der Waals surface area contributed by atoms with Crippen molar-refractivity contribution in [3.05, 3.63) is 60.7 Å². The van der Waals surface area contributed by atoms with E-state index >= 15 is 0 Å². The maximum absolute atomic E-state index is 12.4. The molecule has 4 rings (SSSR count). The second kappa shape index (κ2) is 8.44. The summed E-state index contributed by atoms with van der Waals surface area (Å²) in [6.45, 7) is 3.06. The summed E-state index contributed by atoms with van der Waals surface area (Å²) in [4.78, 5) is 13.8. The molecule has 0 atom stereocenters. The Balaban J connectivity index is 1.37. The van der Waals surface area contributed by atoms with Gasteiger partial charge in [-0.25, -0.2) is 9.36 Å². The van der Waals surface area contributed by atoms with Crippen molar-refractivity contribution in [2.24, 2.45) is 0 Å². The lowest BCUT2D eigenvalue weighted by molar-refractivity contribution is 0.0792. The number of anilines is 1. The average molecular weight is 393 g/mol. The zero-order valence-corrected chi connectivity index (χ0v) is 15.7. The molecule has 0 saturated carbocycles. The SMILES string of the molecule is CCOCn1cc(NC(=O)c2ccn(Cn3nnc(-c4ccccc4)n3)n2)cn1. The highest BCUT2D eigenvalue weighted by Gasteiger charge is 2.12. The minimum absolute atomic E-state index is 0.236. The fourth-order valence-corrected chi connectivity index (χ4v) is 2.58. The van der Waals surface area contributed by atoms with E-state index < -0.39 is 0 Å². The van der Waals surface area contributed by atoms with Crippen LogP contribution in [0.15, 0.2) is 55.0 Å². The summed E-state index contributed by atoms with van der Waals surface area (Å²) in [7, 11) is 0.